The molecule has 11 heteroatoms. The lowest BCUT2D eigenvalue weighted by atomic mass is 10.0. The maximum absolute atomic E-state index is 14.0. The molecule has 208 valence electrons. The first-order chi connectivity index (χ1) is 18.4. The Morgan fingerprint density at radius 2 is 1.62 bits per heavy atom. The van der Waals surface area contributed by atoms with Crippen molar-refractivity contribution in [2.24, 2.45) is 0 Å². The summed E-state index contributed by atoms with van der Waals surface area (Å²) in [5.74, 6) is -0.933. The molecule has 1 N–H and O–H groups in total. The highest BCUT2D eigenvalue weighted by Gasteiger charge is 2.33. The third kappa shape index (κ3) is 8.35. The van der Waals surface area contributed by atoms with Gasteiger partial charge in [-0.1, -0.05) is 77.3 Å². The molecule has 0 fully saturated rings. The fourth-order valence-corrected chi connectivity index (χ4v) is 5.51. The molecule has 0 saturated heterocycles. The van der Waals surface area contributed by atoms with Gasteiger partial charge in [-0.05, 0) is 54.8 Å². The zero-order chi connectivity index (χ0) is 28.7. The van der Waals surface area contributed by atoms with Crippen molar-refractivity contribution < 1.29 is 18.0 Å². The highest BCUT2D eigenvalue weighted by Crippen LogP contribution is 2.28. The summed E-state index contributed by atoms with van der Waals surface area (Å²) in [4.78, 5) is 28.8. The molecule has 3 rings (SSSR count). The van der Waals surface area contributed by atoms with Gasteiger partial charge in [-0.2, -0.15) is 0 Å². The Bertz CT molecular complexity index is 1440. The van der Waals surface area contributed by atoms with E-state index in [0.29, 0.717) is 32.7 Å². The highest BCUT2D eigenvalue weighted by molar-refractivity contribution is 7.92. The highest BCUT2D eigenvalue weighted by atomic mass is 35.5. The van der Waals surface area contributed by atoms with Crippen LogP contribution in [0.2, 0.25) is 15.1 Å². The van der Waals surface area contributed by atoms with Crippen molar-refractivity contribution in [2.45, 2.75) is 32.9 Å². The minimum atomic E-state index is -3.90. The molecule has 2 amide bonds. The van der Waals surface area contributed by atoms with Crippen LogP contribution in [0.5, 0.6) is 0 Å². The Hall–Kier alpha value is -2.78. The van der Waals surface area contributed by atoms with Gasteiger partial charge in [0, 0.05) is 24.5 Å². The van der Waals surface area contributed by atoms with Gasteiger partial charge in [-0.25, -0.2) is 8.42 Å². The van der Waals surface area contributed by atoms with Crippen LogP contribution in [0.4, 0.5) is 5.69 Å². The first-order valence-electron chi connectivity index (χ1n) is 12.2. The maximum Gasteiger partial charge on any atom is 0.244 e. The van der Waals surface area contributed by atoms with Crippen molar-refractivity contribution in [3.63, 3.8) is 0 Å². The smallest absolute Gasteiger partial charge is 0.244 e. The van der Waals surface area contributed by atoms with Gasteiger partial charge in [-0.3, -0.25) is 13.9 Å². The Morgan fingerprint density at radius 1 is 0.923 bits per heavy atom. The number of aryl methyl sites for hydroxylation is 1. The molecule has 0 aliphatic rings. The predicted molar refractivity (Wildman–Crippen MR) is 158 cm³/mol. The Kier molecular flexibility index (Phi) is 10.7. The molecule has 0 aliphatic carbocycles. The summed E-state index contributed by atoms with van der Waals surface area (Å²) in [6, 6.07) is 18.1. The number of anilines is 1. The summed E-state index contributed by atoms with van der Waals surface area (Å²) >= 11 is 18.5. The number of sulfonamides is 1. The monoisotopic (exact) mass is 609 g/mol. The first kappa shape index (κ1) is 30.8. The standard InChI is InChI=1S/C28H30Cl3N3O4S/c1-4-32-28(36)26(15-20-8-6-5-7-9-20)33(17-21-11-13-23(30)24(31)14-21)27(35)18-34(39(3,37)38)25-16-22(29)12-10-19(25)2/h5-14,16,26H,4,15,17-18H2,1-3H3,(H,32,36)/t26-/m0/s1. The molecule has 0 aromatic heterocycles. The lowest BCUT2D eigenvalue weighted by molar-refractivity contribution is -0.140. The number of rotatable bonds is 11. The average molecular weight is 611 g/mol. The van der Waals surface area contributed by atoms with Crippen molar-refractivity contribution in [3.8, 4) is 0 Å². The van der Waals surface area contributed by atoms with Gasteiger partial charge in [0.15, 0.2) is 0 Å². The number of likely N-dealkylation sites (N-methyl/N-ethyl adjacent to an activating group) is 1. The minimum absolute atomic E-state index is 0.00349. The van der Waals surface area contributed by atoms with E-state index in [-0.39, 0.29) is 24.6 Å². The Balaban J connectivity index is 2.08. The average Bonchev–Trinajstić information content (AvgIpc) is 2.88. The zero-order valence-corrected chi connectivity index (χ0v) is 24.9. The number of hydrogen-bond acceptors (Lipinski definition) is 4. The van der Waals surface area contributed by atoms with E-state index in [1.165, 1.54) is 11.0 Å². The quantitative estimate of drug-likeness (QED) is 0.311. The minimum Gasteiger partial charge on any atom is -0.355 e. The van der Waals surface area contributed by atoms with E-state index in [2.05, 4.69) is 5.32 Å². The summed E-state index contributed by atoms with van der Waals surface area (Å²) in [7, 11) is -3.90. The molecule has 7 nitrogen and oxygen atoms in total. The van der Waals surface area contributed by atoms with Crippen LogP contribution in [0.25, 0.3) is 0 Å². The lowest BCUT2D eigenvalue weighted by Gasteiger charge is -2.33. The van der Waals surface area contributed by atoms with Gasteiger partial charge in [0.05, 0.1) is 22.0 Å². The molecule has 0 radical (unpaired) electrons. The predicted octanol–water partition coefficient (Wildman–Crippen LogP) is 5.50. The summed E-state index contributed by atoms with van der Waals surface area (Å²) in [6.07, 6.45) is 1.24. The van der Waals surface area contributed by atoms with E-state index in [1.54, 1.807) is 44.2 Å². The number of halogens is 3. The van der Waals surface area contributed by atoms with Gasteiger partial charge in [0.2, 0.25) is 21.8 Å². The van der Waals surface area contributed by atoms with E-state index in [0.717, 1.165) is 16.1 Å². The molecular weight excluding hydrogens is 581 g/mol. The molecular formula is C28H30Cl3N3O4S. The molecule has 0 bridgehead atoms. The third-order valence-electron chi connectivity index (χ3n) is 6.08. The molecule has 1 atom stereocenters. The van der Waals surface area contributed by atoms with Crippen molar-refractivity contribution in [3.05, 3.63) is 98.5 Å². The van der Waals surface area contributed by atoms with Gasteiger partial charge in [0.1, 0.15) is 12.6 Å². The SMILES string of the molecule is CCNC(=O)[C@H](Cc1ccccc1)N(Cc1ccc(Cl)c(Cl)c1)C(=O)CN(c1cc(Cl)ccc1C)S(C)(=O)=O. The van der Waals surface area contributed by atoms with Gasteiger partial charge < -0.3 is 10.2 Å². The molecule has 0 spiro atoms. The van der Waals surface area contributed by atoms with Crippen molar-refractivity contribution in [2.75, 3.05) is 23.7 Å². The fraction of sp³-hybridized carbons (Fsp3) is 0.286. The van der Waals surface area contributed by atoms with Gasteiger partial charge >= 0.3 is 0 Å². The first-order valence-corrected chi connectivity index (χ1v) is 15.2. The molecule has 3 aromatic carbocycles. The number of hydrogen-bond donors (Lipinski definition) is 1. The van der Waals surface area contributed by atoms with Crippen molar-refractivity contribution in [1.82, 2.24) is 10.2 Å². The van der Waals surface area contributed by atoms with E-state index in [1.807, 2.05) is 30.3 Å². The molecule has 0 heterocycles. The van der Waals surface area contributed by atoms with Crippen molar-refractivity contribution >= 4 is 62.3 Å². The van der Waals surface area contributed by atoms with Crippen LogP contribution >= 0.6 is 34.8 Å². The van der Waals surface area contributed by atoms with Crippen LogP contribution < -0.4 is 9.62 Å². The molecule has 0 unspecified atom stereocenters. The van der Waals surface area contributed by atoms with Crippen molar-refractivity contribution in [1.29, 1.82) is 0 Å². The van der Waals surface area contributed by atoms with E-state index >= 15 is 0 Å². The van der Waals surface area contributed by atoms with E-state index < -0.39 is 28.5 Å². The lowest BCUT2D eigenvalue weighted by Crippen LogP contribution is -2.53. The van der Waals surface area contributed by atoms with Crippen LogP contribution in [-0.4, -0.2) is 50.5 Å². The number of carbonyl (C=O) groups is 2. The second-order valence-electron chi connectivity index (χ2n) is 9.07. The number of carbonyl (C=O) groups excluding carboxylic acids is 2. The number of nitrogens with zero attached hydrogens (tertiary/aromatic N) is 2. The largest absolute Gasteiger partial charge is 0.355 e. The summed E-state index contributed by atoms with van der Waals surface area (Å²) < 4.78 is 26.8. The summed E-state index contributed by atoms with van der Waals surface area (Å²) in [5.41, 5.74) is 2.37. The van der Waals surface area contributed by atoms with Gasteiger partial charge in [0.25, 0.3) is 0 Å². The molecule has 3 aromatic rings. The molecule has 0 aliphatic heterocycles. The summed E-state index contributed by atoms with van der Waals surface area (Å²) in [5, 5.41) is 3.78. The second kappa shape index (κ2) is 13.5. The van der Waals surface area contributed by atoms with Crippen LogP contribution in [0.1, 0.15) is 23.6 Å². The number of benzene rings is 3. The molecule has 39 heavy (non-hydrogen) atoms. The normalized spacial score (nSPS) is 12.1. The van der Waals surface area contributed by atoms with E-state index in [4.69, 9.17) is 34.8 Å². The summed E-state index contributed by atoms with van der Waals surface area (Å²) in [6.45, 7) is 3.34. The second-order valence-corrected chi connectivity index (χ2v) is 12.2. The maximum atomic E-state index is 14.0. The Morgan fingerprint density at radius 3 is 2.23 bits per heavy atom. The third-order valence-corrected chi connectivity index (χ3v) is 8.18. The number of nitrogens with one attached hydrogen (secondary N) is 1. The van der Waals surface area contributed by atoms with Crippen LogP contribution in [-0.2, 0) is 32.6 Å². The Labute approximate surface area is 244 Å². The zero-order valence-electron chi connectivity index (χ0n) is 21.8. The van der Waals surface area contributed by atoms with Crippen LogP contribution in [0.3, 0.4) is 0 Å². The number of amides is 2. The van der Waals surface area contributed by atoms with Crippen LogP contribution in [0, 0.1) is 6.92 Å². The topological polar surface area (TPSA) is 86.8 Å². The molecule has 0 saturated carbocycles. The fourth-order valence-electron chi connectivity index (χ4n) is 4.13. The van der Waals surface area contributed by atoms with Gasteiger partial charge in [-0.15, -0.1) is 0 Å². The van der Waals surface area contributed by atoms with E-state index in [9.17, 15) is 18.0 Å². The van der Waals surface area contributed by atoms with Crippen LogP contribution in [0.15, 0.2) is 66.7 Å².